The number of ether oxygens (including phenoxy) is 8. The van der Waals surface area contributed by atoms with E-state index in [-0.39, 0.29) is 37.4 Å². The van der Waals surface area contributed by atoms with Crippen molar-refractivity contribution in [3.8, 4) is 5.75 Å². The van der Waals surface area contributed by atoms with Gasteiger partial charge in [0.1, 0.15) is 61.5 Å². The molecule has 4 rings (SSSR count). The van der Waals surface area contributed by atoms with E-state index in [1.807, 2.05) is 58.0 Å². The lowest BCUT2D eigenvalue weighted by atomic mass is 9.85. The highest BCUT2D eigenvalue weighted by Gasteiger charge is 2.56. The number of carbonyl (C=O) groups excluding carboxylic acids is 2. The highest BCUT2D eigenvalue weighted by molar-refractivity contribution is 5.76. The molecule has 0 radical (unpaired) electrons. The van der Waals surface area contributed by atoms with Crippen LogP contribution in [-0.4, -0.2) is 136 Å². The summed E-state index contributed by atoms with van der Waals surface area (Å²) < 4.78 is 59.8. The molecule has 16 heteroatoms. The molecule has 10 atom stereocenters. The van der Waals surface area contributed by atoms with Gasteiger partial charge < -0.3 is 63.1 Å². The van der Waals surface area contributed by atoms with Crippen molar-refractivity contribution in [3.05, 3.63) is 65.7 Å². The predicted octanol–water partition coefficient (Wildman–Crippen LogP) is 5.38. The van der Waals surface area contributed by atoms with Crippen molar-refractivity contribution in [2.75, 3.05) is 13.7 Å². The van der Waals surface area contributed by atoms with E-state index in [2.05, 4.69) is 4.94 Å². The van der Waals surface area contributed by atoms with Gasteiger partial charge in [-0.2, -0.15) is 0 Å². The third-order valence-electron chi connectivity index (χ3n) is 11.5. The van der Waals surface area contributed by atoms with Gasteiger partial charge in [-0.15, -0.1) is 0 Å². The largest absolute Gasteiger partial charge is 0.459 e. The van der Waals surface area contributed by atoms with Crippen molar-refractivity contribution in [1.29, 1.82) is 0 Å². The summed E-state index contributed by atoms with van der Waals surface area (Å²) in [5.41, 5.74) is -2.45. The number of aliphatic hydroxyl groups is 4. The number of aldehydes is 1. The summed E-state index contributed by atoms with van der Waals surface area (Å²) in [7, 11) is 1.70. The molecular weight excluding hydrogens is 823 g/mol. The van der Waals surface area contributed by atoms with Crippen LogP contribution < -0.4 is 4.94 Å². The Morgan fingerprint density at radius 1 is 0.746 bits per heavy atom. The van der Waals surface area contributed by atoms with Gasteiger partial charge in [0, 0.05) is 11.6 Å². The van der Waals surface area contributed by atoms with E-state index in [1.54, 1.807) is 62.5 Å². The molecule has 15 nitrogen and oxygen atoms in total. The first-order valence-corrected chi connectivity index (χ1v) is 21.5. The van der Waals surface area contributed by atoms with Crippen LogP contribution in [0.15, 0.2) is 54.6 Å². The number of halogens is 1. The first-order valence-electron chi connectivity index (χ1n) is 21.5. The zero-order valence-corrected chi connectivity index (χ0v) is 39.2. The zero-order valence-electron chi connectivity index (χ0n) is 39.2. The third-order valence-corrected chi connectivity index (χ3v) is 11.5. The number of hydrogen-bond donors (Lipinski definition) is 4. The van der Waals surface area contributed by atoms with E-state index in [0.717, 1.165) is 0 Å². The van der Waals surface area contributed by atoms with Crippen LogP contribution in [0.2, 0.25) is 0 Å². The van der Waals surface area contributed by atoms with Crippen molar-refractivity contribution in [2.24, 2.45) is 5.92 Å². The molecule has 2 aromatic carbocycles. The molecule has 63 heavy (non-hydrogen) atoms. The van der Waals surface area contributed by atoms with E-state index < -0.39 is 89.4 Å². The molecule has 4 N–H and O–H groups in total. The Morgan fingerprint density at radius 2 is 1.30 bits per heavy atom. The second-order valence-corrected chi connectivity index (χ2v) is 19.0. The summed E-state index contributed by atoms with van der Waals surface area (Å²) in [4.78, 5) is 29.4. The van der Waals surface area contributed by atoms with Crippen molar-refractivity contribution >= 4 is 12.3 Å². The summed E-state index contributed by atoms with van der Waals surface area (Å²) in [6.07, 6.45) is -13.1. The number of methoxy groups -OCH3 is 1. The Kier molecular flexibility index (Phi) is 20.1. The summed E-state index contributed by atoms with van der Waals surface area (Å²) >= 11 is 0. The quantitative estimate of drug-likeness (QED) is 0.0976. The molecule has 0 aliphatic carbocycles. The third kappa shape index (κ3) is 15.2. The molecule has 0 saturated carbocycles. The number of aliphatic hydroxyl groups excluding tert-OH is 4. The molecule has 0 spiro atoms. The number of esters is 1. The minimum atomic E-state index is -1.61. The Morgan fingerprint density at radius 3 is 1.83 bits per heavy atom. The first kappa shape index (κ1) is 54.2. The van der Waals surface area contributed by atoms with Gasteiger partial charge in [-0.3, -0.25) is 4.94 Å². The Balaban J connectivity index is 0.00000104. The fourth-order valence-corrected chi connectivity index (χ4v) is 7.33. The van der Waals surface area contributed by atoms with E-state index >= 15 is 0 Å². The fraction of sp³-hybridized carbons (Fsp3) is 0.702. The molecule has 2 aromatic rings. The SMILES string of the molecule is CC(C)OC(C)(C)C1OC(C(=O)OCc2ccc(OF)cc2)[C@@H](OC(C)(C)CCOC(C)(C)C2OC(C=O)[C@@H](OC(C)(C)C(C)C)C(O)C2O)C(O)C1O.COCc1ccccc1. The average molecular weight is 897 g/mol. The zero-order chi connectivity index (χ0) is 47.5. The van der Waals surface area contributed by atoms with Crippen LogP contribution in [0, 0.1) is 5.92 Å². The van der Waals surface area contributed by atoms with E-state index in [0.29, 0.717) is 18.5 Å². The standard InChI is InChI=1S/C39H63FO14.C8H10O/c1-21(2)37(7,8)53-30-25(19-41)49-33(28(44)26(30)42)38(9,10)48-18-17-36(5,6)52-31-27(43)29(45)34(39(11,12)51-22(3)4)50-32(31)35(46)47-20-23-13-15-24(54-40)16-14-23;1-9-7-8-5-3-2-4-6-8/h13-16,19,21-22,25-34,42-45H,17-18,20H2,1-12H3;2-6H,7H2,1H3/t25?,26?,27?,28?,29?,30-,31+,32?,33?,34?;/m1./s1. The number of rotatable bonds is 20. The second-order valence-electron chi connectivity index (χ2n) is 19.0. The lowest BCUT2D eigenvalue weighted by Crippen LogP contribution is -2.67. The van der Waals surface area contributed by atoms with Crippen molar-refractivity contribution in [2.45, 2.75) is 192 Å². The molecule has 2 aliphatic heterocycles. The summed E-state index contributed by atoms with van der Waals surface area (Å²) in [6.45, 7) is 21.7. The molecule has 2 saturated heterocycles. The van der Waals surface area contributed by atoms with Gasteiger partial charge in [0.05, 0.1) is 41.7 Å². The van der Waals surface area contributed by atoms with Gasteiger partial charge in [-0.05, 0) is 105 Å². The van der Waals surface area contributed by atoms with Gasteiger partial charge in [0.2, 0.25) is 0 Å². The van der Waals surface area contributed by atoms with Crippen LogP contribution in [-0.2, 0) is 60.7 Å². The first-order chi connectivity index (χ1) is 29.3. The van der Waals surface area contributed by atoms with Crippen molar-refractivity contribution in [3.63, 3.8) is 0 Å². The van der Waals surface area contributed by atoms with Crippen LogP contribution in [0.25, 0.3) is 0 Å². The van der Waals surface area contributed by atoms with Crippen LogP contribution in [0.1, 0.15) is 101 Å². The molecule has 0 aromatic heterocycles. The van der Waals surface area contributed by atoms with Crippen LogP contribution in [0.3, 0.4) is 0 Å². The normalized spacial score (nSPS) is 27.1. The van der Waals surface area contributed by atoms with E-state index in [9.17, 15) is 34.5 Å². The monoisotopic (exact) mass is 896 g/mol. The maximum absolute atomic E-state index is 13.6. The van der Waals surface area contributed by atoms with Gasteiger partial charge in [0.25, 0.3) is 0 Å². The summed E-state index contributed by atoms with van der Waals surface area (Å²) in [5, 5.41) is 45.0. The van der Waals surface area contributed by atoms with E-state index in [4.69, 9.17) is 37.9 Å². The average Bonchev–Trinajstić information content (AvgIpc) is 3.20. The maximum atomic E-state index is 13.6. The highest BCUT2D eigenvalue weighted by Crippen LogP contribution is 2.37. The van der Waals surface area contributed by atoms with Crippen LogP contribution in [0.5, 0.6) is 5.75 Å². The topological polar surface area (TPSA) is 198 Å². The van der Waals surface area contributed by atoms with Crippen LogP contribution in [0.4, 0.5) is 4.53 Å². The number of carbonyl (C=O) groups is 2. The van der Waals surface area contributed by atoms with Crippen LogP contribution >= 0.6 is 0 Å². The Bertz CT molecular complexity index is 1670. The maximum Gasteiger partial charge on any atom is 0.338 e. The lowest BCUT2D eigenvalue weighted by molar-refractivity contribution is -0.294. The molecule has 358 valence electrons. The minimum Gasteiger partial charge on any atom is -0.459 e. The summed E-state index contributed by atoms with van der Waals surface area (Å²) in [5.74, 6) is -0.857. The molecular formula is C47H73FO15. The molecule has 2 aliphatic rings. The van der Waals surface area contributed by atoms with Gasteiger partial charge in [-0.25, -0.2) is 4.79 Å². The van der Waals surface area contributed by atoms with Crippen molar-refractivity contribution in [1.82, 2.24) is 0 Å². The highest BCUT2D eigenvalue weighted by atomic mass is 19.3. The lowest BCUT2D eigenvalue weighted by Gasteiger charge is -2.49. The smallest absolute Gasteiger partial charge is 0.338 e. The predicted molar refractivity (Wildman–Crippen MR) is 230 cm³/mol. The number of hydrogen-bond acceptors (Lipinski definition) is 15. The molecule has 2 fully saturated rings. The Labute approximate surface area is 372 Å². The van der Waals surface area contributed by atoms with Crippen molar-refractivity contribution < 1.29 is 77.4 Å². The number of benzene rings is 2. The van der Waals surface area contributed by atoms with Gasteiger partial charge in [-0.1, -0.05) is 56.3 Å². The summed E-state index contributed by atoms with van der Waals surface area (Å²) in [6, 6.07) is 15.9. The molecule has 0 bridgehead atoms. The Hall–Kier alpha value is -3.13. The van der Waals surface area contributed by atoms with E-state index in [1.165, 1.54) is 29.8 Å². The molecule has 8 unspecified atom stereocenters. The van der Waals surface area contributed by atoms with Gasteiger partial charge >= 0.3 is 5.97 Å². The molecule has 0 amide bonds. The second kappa shape index (κ2) is 23.4. The molecule has 2 heterocycles. The van der Waals surface area contributed by atoms with Gasteiger partial charge in [0.15, 0.2) is 18.1 Å². The minimum absolute atomic E-state index is 0.00650. The fourth-order valence-electron chi connectivity index (χ4n) is 7.33.